The van der Waals surface area contributed by atoms with Crippen molar-refractivity contribution in [2.24, 2.45) is 5.41 Å². The normalized spacial score (nSPS) is 22.1. The van der Waals surface area contributed by atoms with Crippen LogP contribution in [0.5, 0.6) is 0 Å². The van der Waals surface area contributed by atoms with E-state index in [9.17, 15) is 0 Å². The van der Waals surface area contributed by atoms with Gasteiger partial charge in [-0.2, -0.15) is 0 Å². The van der Waals surface area contributed by atoms with Crippen molar-refractivity contribution in [3.05, 3.63) is 42.1 Å². The summed E-state index contributed by atoms with van der Waals surface area (Å²) in [5, 5.41) is 4.75. The number of hydrogen-bond donors (Lipinski definition) is 1. The third-order valence-corrected chi connectivity index (χ3v) is 5.26. The highest BCUT2D eigenvalue weighted by Gasteiger charge is 2.38. The van der Waals surface area contributed by atoms with E-state index >= 15 is 0 Å². The van der Waals surface area contributed by atoms with Gasteiger partial charge in [-0.05, 0) is 68.1 Å². The van der Waals surface area contributed by atoms with Gasteiger partial charge in [-0.15, -0.1) is 0 Å². The minimum absolute atomic E-state index is 0.601. The molecule has 3 nitrogen and oxygen atoms in total. The zero-order valence-corrected chi connectivity index (χ0v) is 12.5. The van der Waals surface area contributed by atoms with Gasteiger partial charge < -0.3 is 5.32 Å². The second-order valence-electron chi connectivity index (χ2n) is 6.74. The second kappa shape index (κ2) is 5.39. The Bertz CT molecular complexity index is 631. The Morgan fingerprint density at radius 3 is 2.95 bits per heavy atom. The molecule has 3 heteroatoms. The van der Waals surface area contributed by atoms with E-state index in [0.29, 0.717) is 5.41 Å². The number of pyridine rings is 1. The molecule has 1 N–H and O–H groups in total. The molecule has 0 bridgehead atoms. The molecule has 2 aromatic rings. The first-order valence-electron chi connectivity index (χ1n) is 8.10. The van der Waals surface area contributed by atoms with Crippen LogP contribution in [0.4, 0.5) is 0 Å². The van der Waals surface area contributed by atoms with Crippen molar-refractivity contribution in [1.82, 2.24) is 15.2 Å². The molecule has 21 heavy (non-hydrogen) atoms. The van der Waals surface area contributed by atoms with Crippen LogP contribution in [0.1, 0.15) is 24.8 Å². The van der Waals surface area contributed by atoms with Crippen molar-refractivity contribution in [3.8, 4) is 0 Å². The van der Waals surface area contributed by atoms with Gasteiger partial charge in [-0.1, -0.05) is 12.1 Å². The molecule has 4 rings (SSSR count). The molecule has 2 aliphatic heterocycles. The molecule has 110 valence electrons. The molecule has 1 spiro atoms. The van der Waals surface area contributed by atoms with E-state index in [2.05, 4.69) is 39.5 Å². The van der Waals surface area contributed by atoms with Crippen LogP contribution in [0.2, 0.25) is 0 Å². The smallest absolute Gasteiger partial charge is 0.0702 e. The second-order valence-corrected chi connectivity index (χ2v) is 6.74. The van der Waals surface area contributed by atoms with Gasteiger partial charge in [-0.3, -0.25) is 9.88 Å². The number of fused-ring (bicyclic) bond motifs is 1. The highest BCUT2D eigenvalue weighted by molar-refractivity contribution is 5.78. The molecular formula is C18H23N3. The van der Waals surface area contributed by atoms with Crippen LogP contribution < -0.4 is 5.32 Å². The van der Waals surface area contributed by atoms with Crippen molar-refractivity contribution >= 4 is 10.9 Å². The van der Waals surface area contributed by atoms with Crippen molar-refractivity contribution < 1.29 is 0 Å². The molecule has 0 radical (unpaired) electrons. The average Bonchev–Trinajstić information content (AvgIpc) is 2.90. The molecule has 0 amide bonds. The largest absolute Gasteiger partial charge is 0.317 e. The van der Waals surface area contributed by atoms with Crippen LogP contribution in [-0.2, 0) is 6.54 Å². The minimum Gasteiger partial charge on any atom is -0.317 e. The standard InChI is InChI=1S/C18H23N3/c1-2-16-12-15(3-4-17(16)20-8-1)13-21-11-7-18(14-21)5-9-19-10-6-18/h1-4,8,12,19H,5-7,9-11,13-14H2. The zero-order valence-electron chi connectivity index (χ0n) is 12.5. The lowest BCUT2D eigenvalue weighted by Crippen LogP contribution is -2.38. The van der Waals surface area contributed by atoms with Crippen molar-refractivity contribution in [2.75, 3.05) is 26.2 Å². The number of hydrogen-bond acceptors (Lipinski definition) is 3. The summed E-state index contributed by atoms with van der Waals surface area (Å²) in [4.78, 5) is 7.04. The Morgan fingerprint density at radius 1 is 1.14 bits per heavy atom. The van der Waals surface area contributed by atoms with Crippen molar-refractivity contribution in [3.63, 3.8) is 0 Å². The summed E-state index contributed by atoms with van der Waals surface area (Å²) in [7, 11) is 0. The lowest BCUT2D eigenvalue weighted by atomic mass is 9.78. The van der Waals surface area contributed by atoms with E-state index < -0.39 is 0 Å². The molecule has 0 atom stereocenters. The fourth-order valence-electron chi connectivity index (χ4n) is 4.01. The topological polar surface area (TPSA) is 28.2 Å². The van der Waals surface area contributed by atoms with E-state index in [1.807, 2.05) is 12.3 Å². The summed E-state index contributed by atoms with van der Waals surface area (Å²) in [5.74, 6) is 0. The summed E-state index contributed by atoms with van der Waals surface area (Å²) >= 11 is 0. The maximum Gasteiger partial charge on any atom is 0.0702 e. The van der Waals surface area contributed by atoms with Crippen LogP contribution in [-0.4, -0.2) is 36.1 Å². The molecule has 0 unspecified atom stereocenters. The number of aromatic nitrogens is 1. The van der Waals surface area contributed by atoms with Crippen molar-refractivity contribution in [2.45, 2.75) is 25.8 Å². The number of nitrogens with zero attached hydrogens (tertiary/aromatic N) is 2. The van der Waals surface area contributed by atoms with Crippen LogP contribution >= 0.6 is 0 Å². The predicted octanol–water partition coefficient (Wildman–Crippen LogP) is 2.81. The molecule has 1 aromatic heterocycles. The summed E-state index contributed by atoms with van der Waals surface area (Å²) in [6.45, 7) is 6.02. The number of nitrogens with one attached hydrogen (secondary N) is 1. The highest BCUT2D eigenvalue weighted by atomic mass is 15.2. The molecule has 0 aliphatic carbocycles. The first-order chi connectivity index (χ1) is 10.3. The predicted molar refractivity (Wildman–Crippen MR) is 86.2 cm³/mol. The summed E-state index contributed by atoms with van der Waals surface area (Å²) in [6.07, 6.45) is 5.95. The van der Waals surface area contributed by atoms with E-state index in [1.54, 1.807) is 0 Å². The van der Waals surface area contributed by atoms with Gasteiger partial charge in [0.1, 0.15) is 0 Å². The van der Waals surface area contributed by atoms with E-state index in [0.717, 1.165) is 12.1 Å². The Hall–Kier alpha value is -1.45. The monoisotopic (exact) mass is 281 g/mol. The Morgan fingerprint density at radius 2 is 2.05 bits per heavy atom. The third-order valence-electron chi connectivity index (χ3n) is 5.26. The van der Waals surface area contributed by atoms with Gasteiger partial charge in [0.25, 0.3) is 0 Å². The molecule has 3 heterocycles. The Labute approximate surface area is 126 Å². The van der Waals surface area contributed by atoms with Crippen LogP contribution in [0.15, 0.2) is 36.5 Å². The van der Waals surface area contributed by atoms with Crippen molar-refractivity contribution in [1.29, 1.82) is 0 Å². The zero-order chi connectivity index (χ0) is 14.1. The average molecular weight is 281 g/mol. The molecule has 1 aromatic carbocycles. The maximum absolute atomic E-state index is 4.40. The van der Waals surface area contributed by atoms with Gasteiger partial charge in [-0.25, -0.2) is 0 Å². The Balaban J connectivity index is 1.48. The number of likely N-dealkylation sites (tertiary alicyclic amines) is 1. The molecule has 2 fully saturated rings. The lowest BCUT2D eigenvalue weighted by Gasteiger charge is -2.34. The van der Waals surface area contributed by atoms with Gasteiger partial charge in [0.2, 0.25) is 0 Å². The van der Waals surface area contributed by atoms with Gasteiger partial charge in [0.05, 0.1) is 5.52 Å². The van der Waals surface area contributed by atoms with E-state index in [4.69, 9.17) is 0 Å². The Kier molecular flexibility index (Phi) is 3.40. The fraction of sp³-hybridized carbons (Fsp3) is 0.500. The van der Waals surface area contributed by atoms with Crippen LogP contribution in [0.25, 0.3) is 10.9 Å². The van der Waals surface area contributed by atoms with Crippen LogP contribution in [0, 0.1) is 5.41 Å². The SMILES string of the molecule is c1cnc2ccc(CN3CCC4(CCNCC4)C3)cc2c1. The van der Waals surface area contributed by atoms with Gasteiger partial charge >= 0.3 is 0 Å². The number of piperidine rings is 1. The fourth-order valence-corrected chi connectivity index (χ4v) is 4.01. The summed E-state index contributed by atoms with van der Waals surface area (Å²) < 4.78 is 0. The van der Waals surface area contributed by atoms with E-state index in [-0.39, 0.29) is 0 Å². The molecule has 2 aliphatic rings. The first kappa shape index (κ1) is 13.2. The highest BCUT2D eigenvalue weighted by Crippen LogP contribution is 2.39. The summed E-state index contributed by atoms with van der Waals surface area (Å²) in [5.41, 5.74) is 3.11. The van der Waals surface area contributed by atoms with Crippen LogP contribution in [0.3, 0.4) is 0 Å². The van der Waals surface area contributed by atoms with Gasteiger partial charge in [0.15, 0.2) is 0 Å². The quantitative estimate of drug-likeness (QED) is 0.917. The lowest BCUT2D eigenvalue weighted by molar-refractivity contribution is 0.194. The number of rotatable bonds is 2. The molecule has 2 saturated heterocycles. The first-order valence-corrected chi connectivity index (χ1v) is 8.10. The summed E-state index contributed by atoms with van der Waals surface area (Å²) in [6, 6.07) is 10.9. The minimum atomic E-state index is 0.601. The number of benzene rings is 1. The van der Waals surface area contributed by atoms with E-state index in [1.165, 1.54) is 56.4 Å². The molecular weight excluding hydrogens is 258 g/mol. The van der Waals surface area contributed by atoms with Gasteiger partial charge in [0, 0.05) is 24.7 Å². The molecule has 0 saturated carbocycles. The maximum atomic E-state index is 4.40. The third kappa shape index (κ3) is 2.68.